The van der Waals surface area contributed by atoms with Gasteiger partial charge in [0.25, 0.3) is 23.6 Å². The van der Waals surface area contributed by atoms with E-state index in [0.29, 0.717) is 160 Å². The molecule has 41 heteroatoms. The summed E-state index contributed by atoms with van der Waals surface area (Å²) in [5.41, 5.74) is 24.7. The van der Waals surface area contributed by atoms with E-state index in [0.717, 1.165) is 21.6 Å². The number of nitrogens with one attached hydrogen (secondary N) is 3. The third kappa shape index (κ3) is 27.2. The predicted octanol–water partition coefficient (Wildman–Crippen LogP) is 5.90. The van der Waals surface area contributed by atoms with Crippen molar-refractivity contribution in [3.05, 3.63) is 120 Å². The third-order valence-corrected chi connectivity index (χ3v) is 25.2. The van der Waals surface area contributed by atoms with E-state index in [1.54, 1.807) is 69.0 Å². The number of oxazole rings is 1. The standard InChI is InChI=1S/C92H127N21O20/c1-55-16-10-9-11-17-56(2)73(125-7)45-66-22-19-60(6)92(124,133-66)82(119)86(121)111-28-14-12-18-70(111)87(122)131-74(46-71(114)57(3)41-59(5)80(117)81(118)79(116)58(4)40-55)67(93)42-61-20-23-69(75(43-61)126-8)113-52-65(106-108-113)53-130-91(123)97-27-35-128-37-39-129-38-36-127-34-25-76(115)98-47-62-48-99-89(100-49-62)109-30-32-110(33-31-109)90-101-50-64(51-102-90)85(120)96-26-13-15-29-112-84-77(83(94)103-54-104-84)78(107-112)63-21-24-72-68(44-63)105-88(95)132-72/h9-11,16-17,21,24,41,44,48-52,54-55,57-58,60-61,66-67,69-70,73-75,80-81,117-118,124H,12-15,18-20,22-23,25-40,42-43,45-47,53,93H2,1-8H3,(H2,95,105)(H,96,120)(H,97,123)(H,98,115)(H2,94,103,104)/b11-9+,16-10+,56-17+,59-41+/t55-,57-,58-,60-,61+,66+,67-,69+,70+,73+,74+,75-,80-,81+,92-/m1/s1. The van der Waals surface area contributed by atoms with Gasteiger partial charge in [0.2, 0.25) is 23.6 Å². The number of ketones is 3. The average Bonchev–Trinajstić information content (AvgIpc) is 1.49. The molecule has 41 nitrogen and oxygen atoms in total. The van der Waals surface area contributed by atoms with Gasteiger partial charge in [-0.05, 0) is 132 Å². The lowest BCUT2D eigenvalue weighted by atomic mass is 9.79. The van der Waals surface area contributed by atoms with Crippen LogP contribution in [0, 0.1) is 29.6 Å². The van der Waals surface area contributed by atoms with Crippen LogP contribution >= 0.6 is 0 Å². The number of benzene rings is 1. The van der Waals surface area contributed by atoms with Crippen molar-refractivity contribution >= 4 is 93.0 Å². The van der Waals surface area contributed by atoms with E-state index < -0.39 is 114 Å². The number of allylic oxidation sites excluding steroid dienone is 6. The van der Waals surface area contributed by atoms with Crippen molar-refractivity contribution in [3.63, 3.8) is 0 Å². The van der Waals surface area contributed by atoms with Gasteiger partial charge in [-0.2, -0.15) is 10.1 Å². The summed E-state index contributed by atoms with van der Waals surface area (Å²) in [7, 11) is 3.12. The second kappa shape index (κ2) is 48.4. The van der Waals surface area contributed by atoms with Crippen LogP contribution in [0.3, 0.4) is 0 Å². The van der Waals surface area contributed by atoms with Crippen LogP contribution in [0.15, 0.2) is 108 Å². The summed E-state index contributed by atoms with van der Waals surface area (Å²) in [4.78, 5) is 146. The fourth-order valence-corrected chi connectivity index (χ4v) is 17.4. The highest BCUT2D eigenvalue weighted by Gasteiger charge is 2.53. The number of Topliss-reactive ketones (excluding diaryl/α,β-unsaturated/α-hetero) is 3. The number of hydrogen-bond donors (Lipinski definition) is 9. The van der Waals surface area contributed by atoms with Gasteiger partial charge in [0.15, 0.2) is 17.0 Å². The molecule has 15 atom stereocenters. The molecular formula is C92H127N21O20. The molecule has 5 aliphatic rings. The Bertz CT molecular complexity index is 5210. The zero-order chi connectivity index (χ0) is 94.8. The van der Waals surface area contributed by atoms with Crippen LogP contribution in [-0.4, -0.2) is 281 Å². The molecule has 12 rings (SSSR count). The van der Waals surface area contributed by atoms with Gasteiger partial charge < -0.3 is 105 Å². The van der Waals surface area contributed by atoms with E-state index in [9.17, 15) is 53.7 Å². The summed E-state index contributed by atoms with van der Waals surface area (Å²) in [6.07, 6.45) is 18.8. The minimum atomic E-state index is -2.52. The van der Waals surface area contributed by atoms with E-state index in [4.69, 9.17) is 64.6 Å². The number of nitrogens with two attached hydrogens (primary N) is 3. The molecule has 2 bridgehead atoms. The number of anilines is 4. The van der Waals surface area contributed by atoms with Crippen molar-refractivity contribution in [3.8, 4) is 11.3 Å². The maximum Gasteiger partial charge on any atom is 0.407 e. The molecular weight excluding hydrogens is 1720 g/mol. The lowest BCUT2D eigenvalue weighted by molar-refractivity contribution is -0.265. The summed E-state index contributed by atoms with van der Waals surface area (Å²) in [5.74, 6) is -8.39. The van der Waals surface area contributed by atoms with E-state index >= 15 is 0 Å². The van der Waals surface area contributed by atoms with Crippen molar-refractivity contribution in [1.82, 2.24) is 80.5 Å². The number of piperidine rings is 1. The minimum Gasteiger partial charge on any atom is -0.459 e. The molecule has 1 aromatic carbocycles. The summed E-state index contributed by atoms with van der Waals surface area (Å²) in [6.45, 7) is 15.3. The molecule has 133 heavy (non-hydrogen) atoms. The Morgan fingerprint density at radius 2 is 1.47 bits per heavy atom. The number of fused-ring (bicyclic) bond motifs is 5. The van der Waals surface area contributed by atoms with E-state index in [2.05, 4.69) is 66.1 Å². The number of piperazine rings is 1. The third-order valence-electron chi connectivity index (χ3n) is 25.2. The number of aromatic nitrogens is 12. The molecule has 4 amide bonds. The van der Waals surface area contributed by atoms with Crippen molar-refractivity contribution in [2.45, 2.75) is 218 Å². The van der Waals surface area contributed by atoms with Crippen LogP contribution in [0.2, 0.25) is 0 Å². The normalized spacial score (nSPS) is 26.4. The lowest BCUT2D eigenvalue weighted by Crippen LogP contribution is -2.61. The largest absolute Gasteiger partial charge is 0.459 e. The number of carbonyl (C=O) groups is 8. The number of aryl methyl sites for hydroxylation is 1. The first-order valence-corrected chi connectivity index (χ1v) is 45.8. The van der Waals surface area contributed by atoms with Crippen molar-refractivity contribution in [1.29, 1.82) is 0 Å². The fourth-order valence-electron chi connectivity index (χ4n) is 17.4. The highest BCUT2D eigenvalue weighted by atomic mass is 16.6. The maximum absolute atomic E-state index is 14.7. The van der Waals surface area contributed by atoms with Crippen LogP contribution < -0.4 is 43.0 Å². The molecule has 4 fully saturated rings. The number of rotatable bonds is 31. The Kier molecular flexibility index (Phi) is 36.6. The Labute approximate surface area is 771 Å². The van der Waals surface area contributed by atoms with E-state index in [1.165, 1.54) is 31.7 Å². The van der Waals surface area contributed by atoms with Crippen molar-refractivity contribution in [2.24, 2.45) is 35.3 Å². The molecule has 0 spiro atoms. The van der Waals surface area contributed by atoms with Gasteiger partial charge in [-0.25, -0.2) is 48.9 Å². The number of amides is 4. The van der Waals surface area contributed by atoms with Gasteiger partial charge in [0.1, 0.15) is 65.8 Å². The zero-order valence-corrected chi connectivity index (χ0v) is 76.9. The molecule has 4 aliphatic heterocycles. The Morgan fingerprint density at radius 1 is 0.744 bits per heavy atom. The van der Waals surface area contributed by atoms with E-state index in [1.807, 2.05) is 61.3 Å². The van der Waals surface area contributed by atoms with Gasteiger partial charge in [-0.15, -0.1) is 5.10 Å². The molecule has 12 N–H and O–H groups in total. The maximum atomic E-state index is 14.7. The van der Waals surface area contributed by atoms with Crippen LogP contribution in [-0.2, 0) is 86.4 Å². The van der Waals surface area contributed by atoms with Crippen LogP contribution in [0.25, 0.3) is 33.4 Å². The number of aliphatic hydroxyl groups is 3. The number of nitrogen functional groups attached to an aromatic ring is 2. The second-order valence-electron chi connectivity index (χ2n) is 35.0. The molecule has 6 aromatic heterocycles. The van der Waals surface area contributed by atoms with Gasteiger partial charge in [-0.3, -0.25) is 28.8 Å². The number of esters is 1. The first kappa shape index (κ1) is 100. The number of methoxy groups -OCH3 is 2. The van der Waals surface area contributed by atoms with Crippen LogP contribution in [0.5, 0.6) is 0 Å². The first-order chi connectivity index (χ1) is 64.1. The molecule has 3 saturated heterocycles. The molecule has 720 valence electrons. The monoisotopic (exact) mass is 1850 g/mol. The number of ether oxygens (including phenoxy) is 8. The van der Waals surface area contributed by atoms with Crippen molar-refractivity contribution < 1.29 is 96.0 Å². The summed E-state index contributed by atoms with van der Waals surface area (Å²) >= 11 is 0. The summed E-state index contributed by atoms with van der Waals surface area (Å²) in [6, 6.07) is 3.00. The van der Waals surface area contributed by atoms with Crippen LogP contribution in [0.1, 0.15) is 166 Å². The first-order valence-electron chi connectivity index (χ1n) is 45.8. The molecule has 0 unspecified atom stereocenters. The van der Waals surface area contributed by atoms with Gasteiger partial charge in [0, 0.05) is 152 Å². The molecule has 10 heterocycles. The Hall–Kier alpha value is -11.5. The number of carbonyl (C=O) groups excluding carboxylic acids is 8. The van der Waals surface area contributed by atoms with E-state index in [-0.39, 0.29) is 133 Å². The highest BCUT2D eigenvalue weighted by Crippen LogP contribution is 2.40. The summed E-state index contributed by atoms with van der Waals surface area (Å²) in [5, 5.41) is 57.3. The second-order valence-corrected chi connectivity index (χ2v) is 35.0. The quantitative estimate of drug-likeness (QED) is 0.0106. The van der Waals surface area contributed by atoms with Gasteiger partial charge in [0.05, 0.1) is 81.1 Å². The zero-order valence-electron chi connectivity index (χ0n) is 76.9. The fraction of sp³-hybridized carbons (Fsp3) is 0.587. The lowest BCUT2D eigenvalue weighted by Gasteiger charge is -2.42. The molecule has 0 radical (unpaired) electrons. The SMILES string of the molecule is CO[C@H]1C[C@@H]2CC[C@@H](C)[C@@](O)(O2)C(=O)C(=O)N2CCCC[C@H]2C(=O)O[C@H]([C@H](N)C[C@@H]2CC[C@H](n3cc(COC(=O)NCCOCCOCCOCCC(=O)NCc4cnc(N5CCN(c6ncc(C(=O)NCCCCn7nc(-c8ccc9oc(N)nc9c8)c8c(N)ncnc87)cn6)CC5)nc4)nn3)[C@H](OC)C2)CC(=O)[C@H](C)/C=C(\C)[C@@H](O)[C@@H](O)C(=O)[C@H](C)C[C@H](C)/C=C/C=C/C=C/1C. The predicted molar refractivity (Wildman–Crippen MR) is 487 cm³/mol. The number of aliphatic hydroxyl groups excluding tert-OH is 2. The van der Waals surface area contributed by atoms with Gasteiger partial charge in [-0.1, -0.05) is 69.4 Å². The molecule has 1 aliphatic carbocycles. The topological polar surface area (TPSA) is 547 Å². The van der Waals surface area contributed by atoms with Crippen LogP contribution in [0.4, 0.5) is 28.5 Å². The van der Waals surface area contributed by atoms with Gasteiger partial charge >= 0.3 is 12.1 Å². The Morgan fingerprint density at radius 3 is 2.20 bits per heavy atom. The summed E-state index contributed by atoms with van der Waals surface area (Å²) < 4.78 is 55.5. The average molecular weight is 1850 g/mol. The Balaban J connectivity index is 0.512. The molecule has 1 saturated carbocycles. The highest BCUT2D eigenvalue weighted by molar-refractivity contribution is 6.39. The number of hydrogen-bond acceptors (Lipinski definition) is 35. The molecule has 7 aromatic rings. The number of alkyl carbamates (subject to hydrolysis) is 1. The number of cyclic esters (lactones) is 1. The number of unbranched alkanes of at least 4 members (excludes halogenated alkanes) is 1. The minimum absolute atomic E-state index is 0.00422. The van der Waals surface area contributed by atoms with Crippen molar-refractivity contribution in [2.75, 3.05) is 121 Å². The number of nitrogens with zero attached hydrogens (tertiary/aromatic N) is 15. The smallest absolute Gasteiger partial charge is 0.407 e.